The third-order valence-electron chi connectivity index (χ3n) is 17.6. The van der Waals surface area contributed by atoms with Gasteiger partial charge in [-0.1, -0.05) is 202 Å². The minimum Gasteiger partial charge on any atom is -0.350 e. The Bertz CT molecular complexity index is 5980. The third-order valence-corrected chi connectivity index (χ3v) is 32.5. The molecule has 3 unspecified atom stereocenters. The van der Waals surface area contributed by atoms with Crippen molar-refractivity contribution < 1.29 is 90.0 Å². The van der Waals surface area contributed by atoms with E-state index in [0.29, 0.717) is 56.3 Å². The summed E-state index contributed by atoms with van der Waals surface area (Å²) < 4.78 is 6.01. The van der Waals surface area contributed by atoms with Gasteiger partial charge in [0.05, 0.1) is 76.7 Å². The predicted octanol–water partition coefficient (Wildman–Crippen LogP) is 24.7. The Morgan fingerprint density at radius 2 is 0.748 bits per heavy atom. The Morgan fingerprint density at radius 3 is 1.19 bits per heavy atom. The normalized spacial score (nSPS) is 10.8. The SMILES string of the molecule is CC(c1ccc(Br)cc1)N(O)C(N)=O.CC(c1ccc(Br)s1)N(O)C(N)=O.CC(c1ccc(Cl)cc1)N(O)C(N)=O.CNC(=O)N(O)c1csc(Sc2ccccc2)c1.NC(=O)N(O)Cc1cc(Sc2ccccc2)cs1.NC(=O)N(O)Cc1ccc(Br)s1.NC(=O)N(O)Cc1ccc(Sc2ccccc2)s1.NC(=O)N(O)Cc1ccsc1Sc1ccccc1.NC(=O)N(O)Cc1sccc1Sc1ccccc1. The molecule has 0 saturated heterocycles. The average molecular weight is 2390 g/mol. The Hall–Kier alpha value is -11.0. The number of halogens is 4. The highest BCUT2D eigenvalue weighted by molar-refractivity contribution is 9.11. The van der Waals surface area contributed by atoms with Crippen molar-refractivity contribution in [1.82, 2.24) is 45.8 Å². The van der Waals surface area contributed by atoms with E-state index >= 15 is 0 Å². The largest absolute Gasteiger partial charge is 0.350 e. The third kappa shape index (κ3) is 45.0. The van der Waals surface area contributed by atoms with Gasteiger partial charge in [-0.2, -0.15) is 20.3 Å². The first-order valence-corrected chi connectivity index (χ1v) is 53.6. The van der Waals surface area contributed by atoms with Crippen LogP contribution in [-0.2, 0) is 32.7 Å². The number of primary amides is 8. The van der Waals surface area contributed by atoms with Crippen molar-refractivity contribution in [2.75, 3.05) is 12.1 Å². The van der Waals surface area contributed by atoms with Gasteiger partial charge in [-0.3, -0.25) is 46.9 Å². The molecule has 36 nitrogen and oxygen atoms in total. The number of carbonyl (C=O) groups excluding carboxylic acids is 9. The monoisotopic (exact) mass is 2390 g/mol. The zero-order valence-electron chi connectivity index (χ0n) is 75.7. The molecule has 0 bridgehead atoms. The van der Waals surface area contributed by atoms with Crippen LogP contribution in [0.5, 0.6) is 0 Å². The Labute approximate surface area is 901 Å². The number of nitrogens with zero attached hydrogens (tertiary/aromatic N) is 9. The number of anilines is 1. The maximum atomic E-state index is 11.2. The molecule has 7 aromatic heterocycles. The van der Waals surface area contributed by atoms with E-state index in [4.69, 9.17) is 62.7 Å². The fourth-order valence-corrected chi connectivity index (χ4v) is 23.7. The first-order valence-electron chi connectivity index (χ1n) is 40.8. The molecule has 0 aliphatic rings. The molecule has 7 aromatic carbocycles. The molecule has 14 aromatic rings. The number of nitrogens with two attached hydrogens (primary N) is 8. The second-order valence-electron chi connectivity index (χ2n) is 28.0. The first-order chi connectivity index (χ1) is 68.0. The number of hydroxylamine groups is 17. The molecule has 52 heteroatoms. The highest BCUT2D eigenvalue weighted by Gasteiger charge is 2.23. The number of amides is 18. The quantitative estimate of drug-likeness (QED) is 0.0168. The minimum atomic E-state index is -0.882. The number of rotatable bonds is 27. The van der Waals surface area contributed by atoms with E-state index in [9.17, 15) is 84.8 Å². The number of nitrogens with one attached hydrogen (secondary N) is 1. The van der Waals surface area contributed by atoms with Crippen LogP contribution in [0.25, 0.3) is 0 Å². The molecule has 0 spiro atoms. The van der Waals surface area contributed by atoms with Crippen molar-refractivity contribution in [3.63, 3.8) is 0 Å². The van der Waals surface area contributed by atoms with E-state index in [1.165, 1.54) is 75.1 Å². The van der Waals surface area contributed by atoms with Crippen LogP contribution in [0.1, 0.15) is 80.0 Å². The summed E-state index contributed by atoms with van der Waals surface area (Å²) in [5.41, 5.74) is 42.4. The van der Waals surface area contributed by atoms with E-state index in [1.54, 1.807) is 145 Å². The fraction of sp³-hybridized carbons (Fsp3) is 0.132. The van der Waals surface area contributed by atoms with Crippen LogP contribution < -0.4 is 56.2 Å². The van der Waals surface area contributed by atoms with Gasteiger partial charge >= 0.3 is 54.3 Å². The van der Waals surface area contributed by atoms with Gasteiger partial charge in [0, 0.05) is 86.0 Å². The Morgan fingerprint density at radius 1 is 0.357 bits per heavy atom. The molecule has 7 heterocycles. The number of benzene rings is 7. The molecule has 26 N–H and O–H groups in total. The molecule has 760 valence electrons. The van der Waals surface area contributed by atoms with Crippen molar-refractivity contribution in [2.24, 2.45) is 45.9 Å². The van der Waals surface area contributed by atoms with Gasteiger partial charge in [0.25, 0.3) is 0 Å². The summed E-state index contributed by atoms with van der Waals surface area (Å²) in [6.45, 7) is 5.64. The van der Waals surface area contributed by atoms with Crippen LogP contribution in [0.15, 0.2) is 341 Å². The molecular formula is C91H98Br3ClN18O18S12. The van der Waals surface area contributed by atoms with Crippen molar-refractivity contribution in [2.45, 2.75) is 119 Å². The molecule has 143 heavy (non-hydrogen) atoms. The summed E-state index contributed by atoms with van der Waals surface area (Å²) in [5, 5.41) is 98.5. The van der Waals surface area contributed by atoms with Crippen LogP contribution in [0.3, 0.4) is 0 Å². The molecule has 14 rings (SSSR count). The second kappa shape index (κ2) is 64.0. The standard InChI is InChI=1S/5C12H12N2O2S2.C9H11BrN2O2.C9H11ClN2O2.C7H9BrN2O2S.C6H7BrN2O2S/c1-13-12(15)14(16)9-7-11(17-8-9)18-10-5-3-2-4-6-10;13-12(15)14(16)7-10-6-11(8-17-10)18-9-4-2-1-3-5-9;13-12(15)14(16)8-9-6-7-17-11(9)18-10-4-2-1-3-5-10;13-12(15)14(16)8-11-10(6-7-17-11)18-9-4-2-1-3-5-9;13-12(15)14(16)8-10-6-7-11(18-10)17-9-4-2-1-3-5-9;2*1-6(12(14)9(11)13)7-2-4-8(10)5-3-7;1-4(10(12)7(9)11)5-2-3-6(8)13-5;7-5-2-1-4(12-5)3-9(11)6(8)10/h2-8,16H,1H3,(H,13,15);1-6,8,16H,7H2,(H2,13,15);3*1-7,16H,8H2,(H2,13,15);2*2-6,14H,1H3,(H2,11,13);2-4,12H,1H3,(H2,9,11);1-2,11H,3H2,(H2,8,10). The smallest absolute Gasteiger partial charge is 0.345 e. The van der Waals surface area contributed by atoms with Gasteiger partial charge in [-0.25, -0.2) is 68.5 Å². The van der Waals surface area contributed by atoms with Crippen LogP contribution in [-0.4, -0.2) is 149 Å². The highest BCUT2D eigenvalue weighted by Crippen LogP contribution is 2.40. The second-order valence-corrected chi connectivity index (χ2v) is 45.7. The van der Waals surface area contributed by atoms with Crippen LogP contribution in [0.4, 0.5) is 48.8 Å². The summed E-state index contributed by atoms with van der Waals surface area (Å²) in [5.74, 6) is 0. The average Bonchev–Trinajstić information content (AvgIpc) is 1.56. The zero-order valence-corrected chi connectivity index (χ0v) is 91.0. The van der Waals surface area contributed by atoms with E-state index in [1.807, 2.05) is 228 Å². The fourth-order valence-electron chi connectivity index (χ4n) is 10.4. The molecule has 0 radical (unpaired) electrons. The van der Waals surface area contributed by atoms with Crippen LogP contribution in [0, 0.1) is 0 Å². The van der Waals surface area contributed by atoms with E-state index < -0.39 is 72.4 Å². The molecular weight excluding hydrogens is 2290 g/mol. The molecule has 0 fully saturated rings. The lowest BCUT2D eigenvalue weighted by molar-refractivity contribution is -0.0709. The van der Waals surface area contributed by atoms with Crippen molar-refractivity contribution in [3.05, 3.63) is 341 Å². The van der Waals surface area contributed by atoms with Crippen LogP contribution >= 0.6 is 198 Å². The maximum absolute atomic E-state index is 11.2. The summed E-state index contributed by atoms with van der Waals surface area (Å²) in [6, 6.07) is 73.9. The Balaban J connectivity index is 0.000000247. The summed E-state index contributed by atoms with van der Waals surface area (Å²) in [4.78, 5) is 109. The van der Waals surface area contributed by atoms with Gasteiger partial charge in [0.15, 0.2) is 0 Å². The zero-order chi connectivity index (χ0) is 105. The van der Waals surface area contributed by atoms with Gasteiger partial charge in [-0.05, 0) is 226 Å². The van der Waals surface area contributed by atoms with Gasteiger partial charge in [-0.15, -0.1) is 79.4 Å². The van der Waals surface area contributed by atoms with Crippen molar-refractivity contribution >= 4 is 258 Å². The number of carbonyl (C=O) groups is 9. The lowest BCUT2D eigenvalue weighted by Gasteiger charge is -2.20. The summed E-state index contributed by atoms with van der Waals surface area (Å²) in [6.07, 6.45) is 0. The lowest BCUT2D eigenvalue weighted by atomic mass is 10.1. The predicted molar refractivity (Wildman–Crippen MR) is 572 cm³/mol. The maximum Gasteiger partial charge on any atom is 0.345 e. The molecule has 0 aliphatic carbocycles. The molecule has 0 aliphatic heterocycles. The van der Waals surface area contributed by atoms with Gasteiger partial charge < -0.3 is 51.2 Å². The lowest BCUT2D eigenvalue weighted by Crippen LogP contribution is -2.34. The van der Waals surface area contributed by atoms with E-state index in [2.05, 4.69) is 53.1 Å². The Kier molecular flexibility index (Phi) is 54.0. The first kappa shape index (κ1) is 121. The van der Waals surface area contributed by atoms with E-state index in [0.717, 1.165) is 100 Å². The topological polar surface area (TPSA) is 585 Å². The van der Waals surface area contributed by atoms with Gasteiger partial charge in [0.1, 0.15) is 0 Å². The van der Waals surface area contributed by atoms with Gasteiger partial charge in [0.2, 0.25) is 0 Å². The summed E-state index contributed by atoms with van der Waals surface area (Å²) >= 11 is 34.0. The molecule has 18 amide bonds. The van der Waals surface area contributed by atoms with Crippen molar-refractivity contribution in [3.8, 4) is 0 Å². The number of hydrogen-bond donors (Lipinski definition) is 18. The number of hydrogen-bond acceptors (Lipinski definition) is 30. The molecule has 0 saturated carbocycles. The molecule has 3 atom stereocenters. The van der Waals surface area contributed by atoms with Crippen molar-refractivity contribution in [1.29, 1.82) is 0 Å². The minimum absolute atomic E-state index is 0.105. The van der Waals surface area contributed by atoms with Crippen LogP contribution in [0.2, 0.25) is 5.02 Å². The highest BCUT2D eigenvalue weighted by atomic mass is 79.9. The van der Waals surface area contributed by atoms with E-state index in [-0.39, 0.29) is 32.7 Å². The number of thiophene rings is 7. The number of urea groups is 9. The summed E-state index contributed by atoms with van der Waals surface area (Å²) in [7, 11) is 1.47.